The number of anilines is 1. The molecule has 2 nitrogen and oxygen atoms in total. The highest BCUT2D eigenvalue weighted by atomic mass is 16.5. The third kappa shape index (κ3) is 6.52. The van der Waals surface area contributed by atoms with Gasteiger partial charge in [-0.25, -0.2) is 0 Å². The Morgan fingerprint density at radius 1 is 0.857 bits per heavy atom. The van der Waals surface area contributed by atoms with Gasteiger partial charge in [0, 0.05) is 18.8 Å². The van der Waals surface area contributed by atoms with Crippen LogP contribution in [0, 0.1) is 5.92 Å². The molecule has 1 aliphatic rings. The lowest BCUT2D eigenvalue weighted by atomic mass is 9.90. The summed E-state index contributed by atoms with van der Waals surface area (Å²) in [6, 6.07) is 9.05. The number of ether oxygens (including phenoxy) is 1. The highest BCUT2D eigenvalue weighted by molar-refractivity contribution is 5.48. The van der Waals surface area contributed by atoms with Crippen LogP contribution in [0.25, 0.3) is 0 Å². The summed E-state index contributed by atoms with van der Waals surface area (Å²) in [5.74, 6) is 1.33. The van der Waals surface area contributed by atoms with Gasteiger partial charge in [0.25, 0.3) is 0 Å². The molecule has 1 aromatic carbocycles. The molecule has 0 amide bonds. The number of morpholine rings is 1. The van der Waals surface area contributed by atoms with Gasteiger partial charge in [-0.15, -0.1) is 0 Å². The predicted molar refractivity (Wildman–Crippen MR) is 95.4 cm³/mol. The van der Waals surface area contributed by atoms with Crippen molar-refractivity contribution >= 4 is 5.69 Å². The minimum Gasteiger partial charge on any atom is -0.378 e. The Morgan fingerprint density at radius 2 is 1.33 bits per heavy atom. The van der Waals surface area contributed by atoms with Gasteiger partial charge in [-0.3, -0.25) is 0 Å². The molecule has 0 N–H and O–H groups in total. The first-order valence-corrected chi connectivity index (χ1v) is 8.61. The largest absolute Gasteiger partial charge is 0.378 e. The topological polar surface area (TPSA) is 12.5 Å². The second-order valence-corrected chi connectivity index (χ2v) is 5.22. The Kier molecular flexibility index (Phi) is 11.1. The lowest BCUT2D eigenvalue weighted by Crippen LogP contribution is -2.36. The van der Waals surface area contributed by atoms with Gasteiger partial charge >= 0.3 is 0 Å². The highest BCUT2D eigenvalue weighted by Gasteiger charge is 2.13. The zero-order chi connectivity index (χ0) is 16.3. The number of benzene rings is 1. The highest BCUT2D eigenvalue weighted by Crippen LogP contribution is 2.26. The van der Waals surface area contributed by atoms with Crippen LogP contribution in [0.3, 0.4) is 0 Å². The van der Waals surface area contributed by atoms with Crippen LogP contribution in [-0.4, -0.2) is 26.3 Å². The quantitative estimate of drug-likeness (QED) is 0.746. The summed E-state index contributed by atoms with van der Waals surface area (Å²) in [5.41, 5.74) is 2.77. The van der Waals surface area contributed by atoms with E-state index in [1.807, 2.05) is 27.7 Å². The molecule has 1 fully saturated rings. The van der Waals surface area contributed by atoms with Crippen molar-refractivity contribution < 1.29 is 4.74 Å². The molecule has 1 heterocycles. The van der Waals surface area contributed by atoms with Gasteiger partial charge in [-0.2, -0.15) is 0 Å². The summed E-state index contributed by atoms with van der Waals surface area (Å²) < 4.78 is 5.37. The Balaban J connectivity index is 0.000000921. The van der Waals surface area contributed by atoms with E-state index in [0.29, 0.717) is 11.8 Å². The summed E-state index contributed by atoms with van der Waals surface area (Å²) in [5, 5.41) is 0. The zero-order valence-electron chi connectivity index (χ0n) is 15.1. The van der Waals surface area contributed by atoms with E-state index in [-0.39, 0.29) is 0 Å². The predicted octanol–water partition coefficient (Wildman–Crippen LogP) is 5.34. The maximum atomic E-state index is 5.37. The van der Waals surface area contributed by atoms with E-state index in [1.54, 1.807) is 0 Å². The first-order chi connectivity index (χ1) is 10.2. The Labute approximate surface area is 132 Å². The van der Waals surface area contributed by atoms with Gasteiger partial charge in [0.2, 0.25) is 0 Å². The van der Waals surface area contributed by atoms with E-state index in [4.69, 9.17) is 4.74 Å². The van der Waals surface area contributed by atoms with Crippen molar-refractivity contribution in [2.24, 2.45) is 5.92 Å². The van der Waals surface area contributed by atoms with Crippen LogP contribution in [0.2, 0.25) is 0 Å². The lowest BCUT2D eigenvalue weighted by molar-refractivity contribution is 0.122. The van der Waals surface area contributed by atoms with Crippen molar-refractivity contribution in [3.8, 4) is 0 Å². The summed E-state index contributed by atoms with van der Waals surface area (Å²) >= 11 is 0. The number of hydrogen-bond acceptors (Lipinski definition) is 2. The van der Waals surface area contributed by atoms with E-state index in [0.717, 1.165) is 26.3 Å². The van der Waals surface area contributed by atoms with Gasteiger partial charge in [0.1, 0.15) is 0 Å². The second kappa shape index (κ2) is 11.6. The van der Waals surface area contributed by atoms with Crippen LogP contribution < -0.4 is 4.90 Å². The lowest BCUT2D eigenvalue weighted by Gasteiger charge is -2.29. The molecule has 0 aromatic heterocycles. The van der Waals surface area contributed by atoms with Crippen molar-refractivity contribution in [3.63, 3.8) is 0 Å². The number of hydrogen-bond donors (Lipinski definition) is 0. The maximum Gasteiger partial charge on any atom is 0.0642 e. The van der Waals surface area contributed by atoms with Crippen LogP contribution in [0.1, 0.15) is 59.9 Å². The van der Waals surface area contributed by atoms with Crippen LogP contribution in [0.15, 0.2) is 24.3 Å². The van der Waals surface area contributed by atoms with Crippen molar-refractivity contribution in [1.82, 2.24) is 0 Å². The minimum atomic E-state index is 0.633. The third-order valence-corrected chi connectivity index (χ3v) is 3.80. The molecule has 2 rings (SSSR count). The molecule has 0 spiro atoms. The fourth-order valence-electron chi connectivity index (χ4n) is 2.20. The average Bonchev–Trinajstić information content (AvgIpc) is 2.58. The minimum absolute atomic E-state index is 0.633. The third-order valence-electron chi connectivity index (χ3n) is 3.80. The van der Waals surface area contributed by atoms with Crippen molar-refractivity contribution in [2.45, 2.75) is 54.4 Å². The first kappa shape index (κ1) is 20.0. The zero-order valence-corrected chi connectivity index (χ0v) is 15.1. The molecule has 0 radical (unpaired) electrons. The Bertz CT molecular complexity index is 339. The molecule has 1 atom stereocenters. The van der Waals surface area contributed by atoms with E-state index >= 15 is 0 Å². The summed E-state index contributed by atoms with van der Waals surface area (Å²) in [4.78, 5) is 2.40. The summed E-state index contributed by atoms with van der Waals surface area (Å²) in [6.45, 7) is 18.6. The van der Waals surface area contributed by atoms with Crippen LogP contribution in [0.5, 0.6) is 0 Å². The molecular weight excluding hydrogens is 258 g/mol. The number of rotatable bonds is 3. The van der Waals surface area contributed by atoms with Gasteiger partial charge in [-0.05, 0) is 29.5 Å². The molecule has 1 saturated heterocycles. The molecule has 21 heavy (non-hydrogen) atoms. The molecular formula is C19H35NO. The van der Waals surface area contributed by atoms with E-state index in [1.165, 1.54) is 11.3 Å². The van der Waals surface area contributed by atoms with Crippen molar-refractivity contribution in [1.29, 1.82) is 0 Å². The molecule has 122 valence electrons. The normalized spacial score (nSPS) is 15.5. The maximum absolute atomic E-state index is 5.37. The van der Waals surface area contributed by atoms with Crippen molar-refractivity contribution in [2.75, 3.05) is 31.2 Å². The first-order valence-electron chi connectivity index (χ1n) is 8.61. The molecule has 0 aliphatic carbocycles. The van der Waals surface area contributed by atoms with Gasteiger partial charge in [0.05, 0.1) is 13.2 Å². The molecule has 1 aromatic rings. The second-order valence-electron chi connectivity index (χ2n) is 5.22. The molecule has 0 saturated carbocycles. The van der Waals surface area contributed by atoms with Crippen LogP contribution in [-0.2, 0) is 4.74 Å². The Morgan fingerprint density at radius 3 is 1.76 bits per heavy atom. The van der Waals surface area contributed by atoms with Gasteiger partial charge < -0.3 is 9.64 Å². The molecule has 1 unspecified atom stereocenters. The van der Waals surface area contributed by atoms with Crippen LogP contribution in [0.4, 0.5) is 5.69 Å². The average molecular weight is 293 g/mol. The van der Waals surface area contributed by atoms with Gasteiger partial charge in [-0.1, -0.05) is 60.6 Å². The standard InChI is InChI=1S/C15H23NO.2C2H6/c1-12(2)13(3)14-4-6-15(7-5-14)16-8-10-17-11-9-16;2*1-2/h4-7,12-13H,8-11H2,1-3H3;2*1-2H3. The molecule has 2 heteroatoms. The monoisotopic (exact) mass is 293 g/mol. The summed E-state index contributed by atoms with van der Waals surface area (Å²) in [6.07, 6.45) is 0. The number of nitrogens with zero attached hydrogens (tertiary/aromatic N) is 1. The molecule has 1 aliphatic heterocycles. The smallest absolute Gasteiger partial charge is 0.0642 e. The fourth-order valence-corrected chi connectivity index (χ4v) is 2.20. The van der Waals surface area contributed by atoms with E-state index < -0.39 is 0 Å². The SMILES string of the molecule is CC.CC.CC(C)C(C)c1ccc(N2CCOCC2)cc1. The van der Waals surface area contributed by atoms with Crippen molar-refractivity contribution in [3.05, 3.63) is 29.8 Å². The molecule has 0 bridgehead atoms. The summed E-state index contributed by atoms with van der Waals surface area (Å²) in [7, 11) is 0. The van der Waals surface area contributed by atoms with Crippen LogP contribution >= 0.6 is 0 Å². The Hall–Kier alpha value is -1.02. The fraction of sp³-hybridized carbons (Fsp3) is 0.684. The van der Waals surface area contributed by atoms with E-state index in [9.17, 15) is 0 Å². The van der Waals surface area contributed by atoms with E-state index in [2.05, 4.69) is 49.9 Å². The van der Waals surface area contributed by atoms with Gasteiger partial charge in [0.15, 0.2) is 0 Å².